The second-order valence-corrected chi connectivity index (χ2v) is 6.55. The van der Waals surface area contributed by atoms with E-state index in [0.717, 1.165) is 13.0 Å². The average molecular weight is 260 g/mol. The largest absolute Gasteiger partial charge is 0.329 e. The Balaban J connectivity index is 2.03. The summed E-state index contributed by atoms with van der Waals surface area (Å²) in [5.41, 5.74) is 7.81. The zero-order valence-electron chi connectivity index (χ0n) is 12.6. The summed E-state index contributed by atoms with van der Waals surface area (Å²) >= 11 is 0. The average Bonchev–Trinajstić information content (AvgIpc) is 2.76. The number of likely N-dealkylation sites (tertiary alicyclic amines) is 1. The van der Waals surface area contributed by atoms with Crippen LogP contribution in [0.1, 0.15) is 51.5 Å². The predicted octanol–water partition coefficient (Wildman–Crippen LogP) is 3.38. The Morgan fingerprint density at radius 1 is 1.26 bits per heavy atom. The highest BCUT2D eigenvalue weighted by Gasteiger charge is 2.36. The van der Waals surface area contributed by atoms with Crippen molar-refractivity contribution in [2.24, 2.45) is 5.73 Å². The van der Waals surface area contributed by atoms with Gasteiger partial charge in [-0.1, -0.05) is 37.3 Å². The van der Waals surface area contributed by atoms with Crippen molar-refractivity contribution in [1.29, 1.82) is 0 Å². The summed E-state index contributed by atoms with van der Waals surface area (Å²) in [7, 11) is 0. The SMILES string of the molecule is CC(CC(CN)N1CCCC1(C)C)c1ccccc1. The molecule has 1 aliphatic heterocycles. The summed E-state index contributed by atoms with van der Waals surface area (Å²) in [5, 5.41) is 0. The molecule has 2 atom stereocenters. The second kappa shape index (κ2) is 6.06. The molecule has 0 aromatic heterocycles. The lowest BCUT2D eigenvalue weighted by molar-refractivity contribution is 0.109. The Morgan fingerprint density at radius 3 is 2.47 bits per heavy atom. The van der Waals surface area contributed by atoms with Crippen molar-refractivity contribution < 1.29 is 0 Å². The van der Waals surface area contributed by atoms with Gasteiger partial charge in [0.1, 0.15) is 0 Å². The molecular formula is C17H28N2. The third-order valence-electron chi connectivity index (χ3n) is 4.67. The van der Waals surface area contributed by atoms with Crippen molar-refractivity contribution in [2.75, 3.05) is 13.1 Å². The van der Waals surface area contributed by atoms with Gasteiger partial charge < -0.3 is 5.73 Å². The van der Waals surface area contributed by atoms with Crippen molar-refractivity contribution in [3.63, 3.8) is 0 Å². The summed E-state index contributed by atoms with van der Waals surface area (Å²) < 4.78 is 0. The lowest BCUT2D eigenvalue weighted by atomic mass is 9.91. The fraction of sp³-hybridized carbons (Fsp3) is 0.647. The van der Waals surface area contributed by atoms with Gasteiger partial charge in [-0.05, 0) is 51.1 Å². The second-order valence-electron chi connectivity index (χ2n) is 6.55. The van der Waals surface area contributed by atoms with Crippen molar-refractivity contribution in [3.8, 4) is 0 Å². The Labute approximate surface area is 118 Å². The molecule has 2 nitrogen and oxygen atoms in total. The van der Waals surface area contributed by atoms with Crippen LogP contribution in [0.4, 0.5) is 0 Å². The fourth-order valence-electron chi connectivity index (χ4n) is 3.48. The van der Waals surface area contributed by atoms with Crippen LogP contribution in [0.3, 0.4) is 0 Å². The zero-order valence-corrected chi connectivity index (χ0v) is 12.6. The molecule has 0 radical (unpaired) electrons. The lowest BCUT2D eigenvalue weighted by Crippen LogP contribution is -2.49. The molecule has 2 heteroatoms. The van der Waals surface area contributed by atoms with E-state index in [0.29, 0.717) is 17.5 Å². The maximum Gasteiger partial charge on any atom is 0.0229 e. The Hall–Kier alpha value is -0.860. The van der Waals surface area contributed by atoms with E-state index in [1.54, 1.807) is 0 Å². The summed E-state index contributed by atoms with van der Waals surface area (Å²) in [5.74, 6) is 0.575. The standard InChI is InChI=1S/C17H28N2/c1-14(15-8-5-4-6-9-15)12-16(13-18)19-11-7-10-17(19,2)3/h4-6,8-9,14,16H,7,10-13,18H2,1-3H3. The molecule has 1 aliphatic rings. The Bertz CT molecular complexity index is 386. The molecule has 0 bridgehead atoms. The third kappa shape index (κ3) is 3.37. The molecule has 1 aromatic carbocycles. The Kier molecular flexibility index (Phi) is 4.64. The topological polar surface area (TPSA) is 29.3 Å². The van der Waals surface area contributed by atoms with Crippen LogP contribution in [0.25, 0.3) is 0 Å². The zero-order chi connectivity index (χ0) is 13.9. The van der Waals surface area contributed by atoms with E-state index < -0.39 is 0 Å². The van der Waals surface area contributed by atoms with Gasteiger partial charge in [-0.15, -0.1) is 0 Å². The number of rotatable bonds is 5. The van der Waals surface area contributed by atoms with Gasteiger partial charge in [0.25, 0.3) is 0 Å². The van der Waals surface area contributed by atoms with Gasteiger partial charge in [0.15, 0.2) is 0 Å². The molecular weight excluding hydrogens is 232 g/mol. The van der Waals surface area contributed by atoms with E-state index in [4.69, 9.17) is 5.73 Å². The minimum absolute atomic E-state index is 0.320. The molecule has 2 rings (SSSR count). The van der Waals surface area contributed by atoms with Crippen molar-refractivity contribution in [2.45, 2.75) is 57.5 Å². The summed E-state index contributed by atoms with van der Waals surface area (Å²) in [4.78, 5) is 2.63. The van der Waals surface area contributed by atoms with Crippen LogP contribution in [0, 0.1) is 0 Å². The van der Waals surface area contributed by atoms with E-state index in [-0.39, 0.29) is 0 Å². The molecule has 0 aliphatic carbocycles. The van der Waals surface area contributed by atoms with Gasteiger partial charge in [0.05, 0.1) is 0 Å². The monoisotopic (exact) mass is 260 g/mol. The molecule has 1 saturated heterocycles. The number of hydrogen-bond donors (Lipinski definition) is 1. The lowest BCUT2D eigenvalue weighted by Gasteiger charge is -2.39. The first-order chi connectivity index (χ1) is 9.04. The summed E-state index contributed by atoms with van der Waals surface area (Å²) in [6.07, 6.45) is 3.76. The van der Waals surface area contributed by atoms with Crippen molar-refractivity contribution in [3.05, 3.63) is 35.9 Å². The molecule has 2 N–H and O–H groups in total. The smallest absolute Gasteiger partial charge is 0.0229 e. The first-order valence-corrected chi connectivity index (χ1v) is 7.56. The molecule has 0 amide bonds. The van der Waals surface area contributed by atoms with Crippen LogP contribution in [0.5, 0.6) is 0 Å². The van der Waals surface area contributed by atoms with Crippen molar-refractivity contribution in [1.82, 2.24) is 4.90 Å². The molecule has 106 valence electrons. The van der Waals surface area contributed by atoms with Crippen LogP contribution in [0.15, 0.2) is 30.3 Å². The number of benzene rings is 1. The third-order valence-corrected chi connectivity index (χ3v) is 4.67. The van der Waals surface area contributed by atoms with Gasteiger partial charge in [0.2, 0.25) is 0 Å². The maximum atomic E-state index is 6.06. The number of nitrogens with two attached hydrogens (primary N) is 1. The molecule has 2 unspecified atom stereocenters. The van der Waals surface area contributed by atoms with Gasteiger partial charge in [-0.25, -0.2) is 0 Å². The highest BCUT2D eigenvalue weighted by molar-refractivity contribution is 5.19. The quantitative estimate of drug-likeness (QED) is 0.879. The van der Waals surface area contributed by atoms with Crippen LogP contribution < -0.4 is 5.73 Å². The van der Waals surface area contributed by atoms with Crippen LogP contribution in [0.2, 0.25) is 0 Å². The molecule has 19 heavy (non-hydrogen) atoms. The Morgan fingerprint density at radius 2 is 1.95 bits per heavy atom. The predicted molar refractivity (Wildman–Crippen MR) is 82.3 cm³/mol. The van der Waals surface area contributed by atoms with E-state index >= 15 is 0 Å². The highest BCUT2D eigenvalue weighted by atomic mass is 15.2. The van der Waals surface area contributed by atoms with Crippen LogP contribution in [-0.2, 0) is 0 Å². The normalized spacial score (nSPS) is 22.3. The van der Waals surface area contributed by atoms with Gasteiger partial charge >= 0.3 is 0 Å². The molecule has 1 fully saturated rings. The van der Waals surface area contributed by atoms with E-state index in [2.05, 4.69) is 56.0 Å². The first kappa shape index (κ1) is 14.5. The van der Waals surface area contributed by atoms with E-state index in [1.807, 2.05) is 0 Å². The summed E-state index contributed by atoms with van der Waals surface area (Å²) in [6.45, 7) is 9.00. The van der Waals surface area contributed by atoms with Crippen LogP contribution >= 0.6 is 0 Å². The first-order valence-electron chi connectivity index (χ1n) is 7.56. The van der Waals surface area contributed by atoms with Gasteiger partial charge in [0, 0.05) is 18.1 Å². The van der Waals surface area contributed by atoms with Crippen LogP contribution in [-0.4, -0.2) is 29.6 Å². The molecule has 0 spiro atoms. The van der Waals surface area contributed by atoms with Gasteiger partial charge in [-0.2, -0.15) is 0 Å². The summed E-state index contributed by atoms with van der Waals surface area (Å²) in [6, 6.07) is 11.3. The van der Waals surface area contributed by atoms with E-state index in [9.17, 15) is 0 Å². The molecule has 1 heterocycles. The number of nitrogens with zero attached hydrogens (tertiary/aromatic N) is 1. The van der Waals surface area contributed by atoms with E-state index in [1.165, 1.54) is 24.9 Å². The maximum absolute atomic E-state index is 6.06. The molecule has 1 aromatic rings. The fourth-order valence-corrected chi connectivity index (χ4v) is 3.48. The minimum Gasteiger partial charge on any atom is -0.329 e. The minimum atomic E-state index is 0.320. The highest BCUT2D eigenvalue weighted by Crippen LogP contribution is 2.33. The number of hydrogen-bond acceptors (Lipinski definition) is 2. The molecule has 0 saturated carbocycles. The van der Waals surface area contributed by atoms with Crippen molar-refractivity contribution >= 4 is 0 Å². The van der Waals surface area contributed by atoms with Gasteiger partial charge in [-0.3, -0.25) is 4.90 Å².